The summed E-state index contributed by atoms with van der Waals surface area (Å²) in [5.41, 5.74) is 8.59. The molecular formula is C26H26N4O2S. The van der Waals surface area contributed by atoms with Crippen LogP contribution in [0.2, 0.25) is 0 Å². The molecule has 1 aromatic heterocycles. The van der Waals surface area contributed by atoms with Gasteiger partial charge in [0.05, 0.1) is 10.2 Å². The number of fused-ring (bicyclic) bond motifs is 1. The first-order chi connectivity index (χ1) is 16.1. The summed E-state index contributed by atoms with van der Waals surface area (Å²) >= 11 is 1.42. The van der Waals surface area contributed by atoms with Gasteiger partial charge in [-0.1, -0.05) is 84.1 Å². The van der Waals surface area contributed by atoms with Crippen molar-refractivity contribution in [3.8, 4) is 0 Å². The predicted octanol–water partition coefficient (Wildman–Crippen LogP) is 5.23. The Morgan fingerprint density at radius 1 is 0.879 bits per heavy atom. The molecule has 0 saturated carbocycles. The number of carbonyl (C=O) groups excluding carboxylic acids is 2. The van der Waals surface area contributed by atoms with Crippen LogP contribution < -0.4 is 11.1 Å². The van der Waals surface area contributed by atoms with Crippen LogP contribution in [-0.4, -0.2) is 34.9 Å². The van der Waals surface area contributed by atoms with Crippen molar-refractivity contribution in [2.75, 3.05) is 18.4 Å². The highest BCUT2D eigenvalue weighted by Gasteiger charge is 2.20. The molecule has 0 aliphatic rings. The molecule has 1 heterocycles. The summed E-state index contributed by atoms with van der Waals surface area (Å²) in [4.78, 5) is 30.7. The van der Waals surface area contributed by atoms with Crippen molar-refractivity contribution in [2.24, 2.45) is 5.73 Å². The molecule has 4 rings (SSSR count). The number of hydrogen-bond donors (Lipinski definition) is 2. The van der Waals surface area contributed by atoms with Crippen LogP contribution in [0.5, 0.6) is 0 Å². The van der Waals surface area contributed by atoms with Gasteiger partial charge in [-0.25, -0.2) is 9.78 Å². The number of nitrogens with two attached hydrogens (primary N) is 1. The van der Waals surface area contributed by atoms with E-state index in [1.165, 1.54) is 22.5 Å². The van der Waals surface area contributed by atoms with Gasteiger partial charge < -0.3 is 10.6 Å². The van der Waals surface area contributed by atoms with E-state index in [2.05, 4.69) is 34.6 Å². The highest BCUT2D eigenvalue weighted by Crippen LogP contribution is 2.29. The number of nitrogens with zero attached hydrogens (tertiary/aromatic N) is 2. The average molecular weight is 459 g/mol. The van der Waals surface area contributed by atoms with Gasteiger partial charge in [-0.3, -0.25) is 10.1 Å². The Morgan fingerprint density at radius 2 is 1.48 bits per heavy atom. The van der Waals surface area contributed by atoms with E-state index >= 15 is 0 Å². The quantitative estimate of drug-likeness (QED) is 0.360. The number of thiazole rings is 1. The summed E-state index contributed by atoms with van der Waals surface area (Å²) in [6.45, 7) is 0.723. The first kappa shape index (κ1) is 22.5. The molecule has 7 heteroatoms. The second-order valence-corrected chi connectivity index (χ2v) is 8.81. The third-order valence-electron chi connectivity index (χ3n) is 5.51. The number of carbonyl (C=O) groups is 2. The van der Waals surface area contributed by atoms with Gasteiger partial charge >= 0.3 is 6.03 Å². The molecule has 3 N–H and O–H groups in total. The summed E-state index contributed by atoms with van der Waals surface area (Å²) < 4.78 is 1.00. The zero-order chi connectivity index (χ0) is 23.0. The van der Waals surface area contributed by atoms with Crippen molar-refractivity contribution in [3.05, 3.63) is 96.1 Å². The fourth-order valence-electron chi connectivity index (χ4n) is 3.84. The van der Waals surface area contributed by atoms with E-state index in [1.807, 2.05) is 60.7 Å². The number of urea groups is 1. The van der Waals surface area contributed by atoms with Crippen molar-refractivity contribution < 1.29 is 9.59 Å². The maximum atomic E-state index is 13.1. The number of aromatic nitrogens is 1. The topological polar surface area (TPSA) is 88.3 Å². The molecule has 0 unspecified atom stereocenters. The molecular weight excluding hydrogens is 432 g/mol. The molecule has 0 aliphatic carbocycles. The van der Waals surface area contributed by atoms with Crippen LogP contribution in [0.15, 0.2) is 84.9 Å². The van der Waals surface area contributed by atoms with Gasteiger partial charge in [0.25, 0.3) is 0 Å². The van der Waals surface area contributed by atoms with E-state index in [0.717, 1.165) is 10.2 Å². The number of hydrogen-bond acceptors (Lipinski definition) is 4. The zero-order valence-corrected chi connectivity index (χ0v) is 19.0. The minimum absolute atomic E-state index is 0.106. The minimum atomic E-state index is -0.435. The van der Waals surface area contributed by atoms with E-state index in [4.69, 9.17) is 5.73 Å². The summed E-state index contributed by atoms with van der Waals surface area (Å²) in [5.74, 6) is -0.311. The Kier molecular flexibility index (Phi) is 7.32. The van der Waals surface area contributed by atoms with E-state index in [1.54, 1.807) is 4.90 Å². The van der Waals surface area contributed by atoms with Crippen molar-refractivity contribution in [1.29, 1.82) is 0 Å². The van der Waals surface area contributed by atoms with Crippen molar-refractivity contribution in [2.45, 2.75) is 18.8 Å². The Labute approximate surface area is 197 Å². The lowest BCUT2D eigenvalue weighted by molar-refractivity contribution is -0.118. The number of benzene rings is 3. The number of para-hydroxylation sites is 1. The molecule has 33 heavy (non-hydrogen) atoms. The fourth-order valence-corrected chi connectivity index (χ4v) is 4.69. The standard InChI is InChI=1S/C26H26N4O2S/c27-24(31)16-18-30(26(32)29-25-28-22-13-7-8-14-23(22)33-25)17-15-21(19-9-3-1-4-10-19)20-11-5-2-6-12-20/h1-14,21H,15-18H2,(H2,27,31)(H,28,29,32). The van der Waals surface area contributed by atoms with Crippen molar-refractivity contribution >= 4 is 38.6 Å². The van der Waals surface area contributed by atoms with E-state index in [-0.39, 0.29) is 24.9 Å². The highest BCUT2D eigenvalue weighted by atomic mass is 32.1. The van der Waals surface area contributed by atoms with Gasteiger partial charge in [-0.15, -0.1) is 0 Å². The zero-order valence-electron chi connectivity index (χ0n) is 18.2. The lowest BCUT2D eigenvalue weighted by Gasteiger charge is -2.25. The lowest BCUT2D eigenvalue weighted by atomic mass is 9.88. The number of anilines is 1. The molecule has 3 aromatic carbocycles. The Balaban J connectivity index is 1.51. The second-order valence-electron chi connectivity index (χ2n) is 7.78. The van der Waals surface area contributed by atoms with E-state index < -0.39 is 5.91 Å². The minimum Gasteiger partial charge on any atom is -0.370 e. The molecule has 0 spiro atoms. The van der Waals surface area contributed by atoms with Crippen LogP contribution in [0.4, 0.5) is 9.93 Å². The fraction of sp³-hybridized carbons (Fsp3) is 0.192. The van der Waals surface area contributed by atoms with Gasteiger partial charge in [-0.05, 0) is 29.7 Å². The Morgan fingerprint density at radius 3 is 2.09 bits per heavy atom. The van der Waals surface area contributed by atoms with Crippen LogP contribution >= 0.6 is 11.3 Å². The van der Waals surface area contributed by atoms with Gasteiger partial charge in [0.1, 0.15) is 0 Å². The van der Waals surface area contributed by atoms with Crippen LogP contribution in [-0.2, 0) is 4.79 Å². The molecule has 0 bridgehead atoms. The third kappa shape index (κ3) is 5.96. The van der Waals surface area contributed by atoms with Crippen LogP contribution in [0.25, 0.3) is 10.2 Å². The maximum Gasteiger partial charge on any atom is 0.323 e. The number of amides is 3. The van der Waals surface area contributed by atoms with Gasteiger partial charge in [0, 0.05) is 25.4 Å². The summed E-state index contributed by atoms with van der Waals surface area (Å²) in [6, 6.07) is 28.0. The molecule has 0 radical (unpaired) electrons. The number of primary amides is 1. The first-order valence-corrected chi connectivity index (χ1v) is 11.7. The monoisotopic (exact) mass is 458 g/mol. The molecule has 168 valence electrons. The molecule has 3 amide bonds. The average Bonchev–Trinajstić information content (AvgIpc) is 3.24. The van der Waals surface area contributed by atoms with E-state index in [0.29, 0.717) is 18.1 Å². The summed E-state index contributed by atoms with van der Waals surface area (Å²) in [5, 5.41) is 3.44. The van der Waals surface area contributed by atoms with Crippen LogP contribution in [0, 0.1) is 0 Å². The smallest absolute Gasteiger partial charge is 0.323 e. The molecule has 6 nitrogen and oxygen atoms in total. The Bertz CT molecular complexity index is 1140. The third-order valence-corrected chi connectivity index (χ3v) is 6.47. The van der Waals surface area contributed by atoms with Gasteiger partial charge in [0.2, 0.25) is 5.91 Å². The number of nitrogens with one attached hydrogen (secondary N) is 1. The van der Waals surface area contributed by atoms with Crippen molar-refractivity contribution in [1.82, 2.24) is 9.88 Å². The van der Waals surface area contributed by atoms with Crippen LogP contribution in [0.3, 0.4) is 0 Å². The first-order valence-electron chi connectivity index (χ1n) is 10.9. The van der Waals surface area contributed by atoms with Crippen molar-refractivity contribution in [3.63, 3.8) is 0 Å². The van der Waals surface area contributed by atoms with Crippen LogP contribution in [0.1, 0.15) is 29.9 Å². The summed E-state index contributed by atoms with van der Waals surface area (Å²) in [7, 11) is 0. The van der Waals surface area contributed by atoms with Gasteiger partial charge in [-0.2, -0.15) is 0 Å². The summed E-state index contributed by atoms with van der Waals surface area (Å²) in [6.07, 6.45) is 0.814. The normalized spacial score (nSPS) is 10.9. The van der Waals surface area contributed by atoms with Gasteiger partial charge in [0.15, 0.2) is 5.13 Å². The number of rotatable bonds is 9. The molecule has 4 aromatic rings. The molecule has 0 aliphatic heterocycles. The maximum absolute atomic E-state index is 13.1. The second kappa shape index (κ2) is 10.7. The molecule has 0 atom stereocenters. The van der Waals surface area contributed by atoms with E-state index in [9.17, 15) is 9.59 Å². The largest absolute Gasteiger partial charge is 0.370 e. The Hall–Kier alpha value is -3.71. The lowest BCUT2D eigenvalue weighted by Crippen LogP contribution is -2.38. The predicted molar refractivity (Wildman–Crippen MR) is 133 cm³/mol. The highest BCUT2D eigenvalue weighted by molar-refractivity contribution is 7.22. The molecule has 0 saturated heterocycles. The molecule has 0 fully saturated rings. The SMILES string of the molecule is NC(=O)CCN(CCC(c1ccccc1)c1ccccc1)C(=O)Nc1nc2ccccc2s1.